The maximum absolute atomic E-state index is 2.60. The first-order chi connectivity index (χ1) is 10.7. The molecule has 4 rings (SSSR count). The van der Waals surface area contributed by atoms with E-state index >= 15 is 0 Å². The summed E-state index contributed by atoms with van der Waals surface area (Å²) in [4.78, 5) is 0. The first kappa shape index (κ1) is 17.0. The summed E-state index contributed by atoms with van der Waals surface area (Å²) >= 11 is 0. The summed E-state index contributed by atoms with van der Waals surface area (Å²) in [5.41, 5.74) is 7.22. The Morgan fingerprint density at radius 1 is 0.826 bits per heavy atom. The van der Waals surface area contributed by atoms with Gasteiger partial charge in [0, 0.05) is 0 Å². The van der Waals surface area contributed by atoms with Gasteiger partial charge in [-0.3, -0.25) is 0 Å². The molecular formula is C21H23NaSi. The molecule has 2 atom stereocenters. The summed E-state index contributed by atoms with van der Waals surface area (Å²) in [5.74, 6) is 0. The normalized spacial score (nSPS) is 23.0. The van der Waals surface area contributed by atoms with Gasteiger partial charge in [0.1, 0.15) is 0 Å². The van der Waals surface area contributed by atoms with Gasteiger partial charge in [-0.15, -0.1) is 0 Å². The molecule has 0 spiro atoms. The van der Waals surface area contributed by atoms with Crippen LogP contribution in [-0.2, 0) is 0 Å². The van der Waals surface area contributed by atoms with E-state index in [1.165, 1.54) is 17.2 Å². The van der Waals surface area contributed by atoms with Crippen molar-refractivity contribution in [2.75, 3.05) is 0 Å². The molecule has 2 unspecified atom stereocenters. The zero-order chi connectivity index (χ0) is 15.2. The zero-order valence-electron chi connectivity index (χ0n) is 15.3. The van der Waals surface area contributed by atoms with E-state index in [0.29, 0.717) is 11.1 Å². The van der Waals surface area contributed by atoms with Gasteiger partial charge in [-0.25, -0.2) is 0 Å². The smallest absolute Gasteiger partial charge is 1.00 e. The third-order valence-electron chi connectivity index (χ3n) is 5.78. The van der Waals surface area contributed by atoms with Crippen LogP contribution in [0.25, 0.3) is 12.2 Å². The number of hydrogen-bond acceptors (Lipinski definition) is 0. The number of rotatable bonds is 3. The van der Waals surface area contributed by atoms with Crippen LogP contribution in [0.2, 0.25) is 12.6 Å². The summed E-state index contributed by atoms with van der Waals surface area (Å²) in [5, 5.41) is 0. The van der Waals surface area contributed by atoms with Gasteiger partial charge in [-0.05, 0) is 33.3 Å². The van der Waals surface area contributed by atoms with Gasteiger partial charge in [0.2, 0.25) is 0 Å². The number of benzene rings is 2. The topological polar surface area (TPSA) is 0 Å². The molecule has 0 saturated heterocycles. The molecule has 0 nitrogen and oxygen atoms in total. The van der Waals surface area contributed by atoms with Crippen molar-refractivity contribution >= 4 is 20.2 Å². The Bertz CT molecular complexity index is 719. The maximum atomic E-state index is 2.60. The van der Waals surface area contributed by atoms with E-state index in [-0.39, 0.29) is 31.0 Å². The van der Waals surface area contributed by atoms with Crippen LogP contribution in [0.15, 0.2) is 60.7 Å². The third-order valence-corrected chi connectivity index (χ3v) is 11.2. The quantitative estimate of drug-likeness (QED) is 0.761. The van der Waals surface area contributed by atoms with Crippen LogP contribution in [-0.4, -0.2) is 8.07 Å². The molecule has 0 heterocycles. The average Bonchev–Trinajstić information content (AvgIpc) is 3.19. The second-order valence-corrected chi connectivity index (χ2v) is 11.8. The van der Waals surface area contributed by atoms with Crippen LogP contribution >= 0.6 is 0 Å². The number of hydrogen-bond donors (Lipinski definition) is 0. The molecule has 0 amide bonds. The first-order valence-corrected chi connectivity index (χ1v) is 11.1. The van der Waals surface area contributed by atoms with E-state index in [4.69, 9.17) is 0 Å². The monoisotopic (exact) mass is 326 g/mol. The predicted molar refractivity (Wildman–Crippen MR) is 99.6 cm³/mol. The molecule has 0 fully saturated rings. The summed E-state index contributed by atoms with van der Waals surface area (Å²) in [6, 6.07) is 19.2. The molecule has 23 heavy (non-hydrogen) atoms. The van der Waals surface area contributed by atoms with E-state index in [1.54, 1.807) is 11.1 Å². The van der Waals surface area contributed by atoms with Gasteiger partial charge in [-0.2, -0.15) is 0 Å². The van der Waals surface area contributed by atoms with Gasteiger partial charge in [0.15, 0.2) is 0 Å². The molecule has 2 aliphatic carbocycles. The molecule has 0 saturated carbocycles. The molecule has 0 aliphatic heterocycles. The Hall–Kier alpha value is -0.863. The van der Waals surface area contributed by atoms with Crippen molar-refractivity contribution < 1.29 is 31.0 Å². The van der Waals surface area contributed by atoms with Crippen molar-refractivity contribution in [1.29, 1.82) is 0 Å². The standard InChI is InChI=1S/C21H22Si.Na.H/c1-3-22(2,20-14-12-16-8-4-6-10-18(16)20)21-15-13-17-9-5-7-11-19(17)21;;/h4-15,20-21H,3H2,1-2H3;;/q;+1;-1. The van der Waals surface area contributed by atoms with Crippen molar-refractivity contribution in [3.8, 4) is 0 Å². The van der Waals surface area contributed by atoms with E-state index in [9.17, 15) is 0 Å². The first-order valence-electron chi connectivity index (χ1n) is 8.28. The third kappa shape index (κ3) is 2.64. The fourth-order valence-electron chi connectivity index (χ4n) is 4.28. The van der Waals surface area contributed by atoms with Crippen molar-refractivity contribution in [2.24, 2.45) is 0 Å². The van der Waals surface area contributed by atoms with E-state index in [2.05, 4.69) is 86.3 Å². The molecule has 2 aromatic carbocycles. The largest absolute Gasteiger partial charge is 1.00 e. The molecule has 0 N–H and O–H groups in total. The Kier molecular flexibility index (Phi) is 4.84. The fourth-order valence-corrected chi connectivity index (χ4v) is 8.57. The fraction of sp³-hybridized carbons (Fsp3) is 0.238. The van der Waals surface area contributed by atoms with Crippen LogP contribution in [0.3, 0.4) is 0 Å². The molecule has 2 heteroatoms. The van der Waals surface area contributed by atoms with Gasteiger partial charge in [0.05, 0.1) is 8.07 Å². The summed E-state index contributed by atoms with van der Waals surface area (Å²) in [7, 11) is -1.53. The van der Waals surface area contributed by atoms with Crippen molar-refractivity contribution in [3.63, 3.8) is 0 Å². The summed E-state index contributed by atoms with van der Waals surface area (Å²) in [6.07, 6.45) is 9.64. The van der Waals surface area contributed by atoms with Gasteiger partial charge in [-0.1, -0.05) is 92.3 Å². The zero-order valence-corrected chi connectivity index (χ0v) is 17.3. The molecule has 0 bridgehead atoms. The molecule has 2 aliphatic rings. The second-order valence-electron chi connectivity index (χ2n) is 6.79. The van der Waals surface area contributed by atoms with E-state index < -0.39 is 8.07 Å². The summed E-state index contributed by atoms with van der Waals surface area (Å²) in [6.45, 7) is 5.00. The van der Waals surface area contributed by atoms with Gasteiger partial charge in [0.25, 0.3) is 0 Å². The average molecular weight is 326 g/mol. The Morgan fingerprint density at radius 2 is 1.26 bits per heavy atom. The Morgan fingerprint density at radius 3 is 1.70 bits per heavy atom. The number of fused-ring (bicyclic) bond motifs is 2. The minimum absolute atomic E-state index is 0. The Balaban J connectivity index is 0.00000104. The maximum Gasteiger partial charge on any atom is 1.00 e. The molecule has 0 aromatic heterocycles. The predicted octanol–water partition coefficient (Wildman–Crippen LogP) is 2.90. The van der Waals surface area contributed by atoms with E-state index in [1.807, 2.05) is 0 Å². The molecule has 0 radical (unpaired) electrons. The van der Waals surface area contributed by atoms with Crippen molar-refractivity contribution in [2.45, 2.75) is 30.6 Å². The van der Waals surface area contributed by atoms with Crippen LogP contribution in [0.4, 0.5) is 0 Å². The molecule has 112 valence electrons. The van der Waals surface area contributed by atoms with Crippen LogP contribution in [0.5, 0.6) is 0 Å². The minimum Gasteiger partial charge on any atom is -1.00 e. The molecular weight excluding hydrogens is 303 g/mol. The molecule has 2 aromatic rings. The van der Waals surface area contributed by atoms with Crippen LogP contribution < -0.4 is 29.6 Å². The summed E-state index contributed by atoms with van der Waals surface area (Å²) < 4.78 is 0. The Labute approximate surface area is 164 Å². The van der Waals surface area contributed by atoms with Crippen LogP contribution in [0, 0.1) is 0 Å². The van der Waals surface area contributed by atoms with E-state index in [0.717, 1.165) is 0 Å². The van der Waals surface area contributed by atoms with Crippen molar-refractivity contribution in [1.82, 2.24) is 0 Å². The number of allylic oxidation sites excluding steroid dienone is 2. The second kappa shape index (κ2) is 6.56. The van der Waals surface area contributed by atoms with Crippen LogP contribution in [0.1, 0.15) is 41.7 Å². The van der Waals surface area contributed by atoms with Crippen molar-refractivity contribution in [3.05, 3.63) is 82.9 Å². The SMILES string of the molecule is CC[Si](C)(C1C=Cc2ccccc21)C1C=Cc2ccccc21.[H-].[Na+]. The van der Waals surface area contributed by atoms with Gasteiger partial charge >= 0.3 is 29.6 Å². The van der Waals surface area contributed by atoms with Gasteiger partial charge < -0.3 is 1.43 Å². The minimum atomic E-state index is -1.53.